The molecule has 110 valence electrons. The zero-order valence-corrected chi connectivity index (χ0v) is 11.5. The number of carboxylic acid groups (broad SMARTS) is 1. The first kappa shape index (κ1) is 15.8. The van der Waals surface area contributed by atoms with Crippen LogP contribution < -0.4 is 15.4 Å². The second-order valence-electron chi connectivity index (χ2n) is 4.28. The lowest BCUT2D eigenvalue weighted by atomic mass is 10.1. The van der Waals surface area contributed by atoms with Gasteiger partial charge in [-0.25, -0.2) is 4.79 Å². The Bertz CT molecular complexity index is 449. The molecule has 0 aliphatic heterocycles. The third kappa shape index (κ3) is 6.63. The summed E-state index contributed by atoms with van der Waals surface area (Å²) in [7, 11) is 1.61. The first-order valence-electron chi connectivity index (χ1n) is 6.48. The minimum absolute atomic E-state index is 0.0596. The normalized spacial score (nSPS) is 9.85. The fraction of sp³-hybridized carbons (Fsp3) is 0.429. The zero-order chi connectivity index (χ0) is 14.8. The summed E-state index contributed by atoms with van der Waals surface area (Å²) in [6, 6.07) is 7.38. The molecule has 0 bridgehead atoms. The summed E-state index contributed by atoms with van der Waals surface area (Å²) in [6.07, 6.45) is 1.20. The molecule has 2 amide bonds. The SMILES string of the molecule is COc1cccc(CCNC(=O)NCCCC(=O)O)c1. The molecule has 0 aromatic heterocycles. The first-order valence-corrected chi connectivity index (χ1v) is 6.48. The third-order valence-electron chi connectivity index (χ3n) is 2.69. The summed E-state index contributed by atoms with van der Waals surface area (Å²) in [5.41, 5.74) is 1.08. The Morgan fingerprint density at radius 2 is 2.00 bits per heavy atom. The Labute approximate surface area is 118 Å². The third-order valence-corrected chi connectivity index (χ3v) is 2.69. The maximum absolute atomic E-state index is 11.4. The average molecular weight is 280 g/mol. The molecule has 0 saturated carbocycles. The van der Waals surface area contributed by atoms with Crippen molar-refractivity contribution >= 4 is 12.0 Å². The van der Waals surface area contributed by atoms with Crippen LogP contribution in [-0.2, 0) is 11.2 Å². The van der Waals surface area contributed by atoms with Gasteiger partial charge >= 0.3 is 12.0 Å². The number of aliphatic carboxylic acids is 1. The van der Waals surface area contributed by atoms with Crippen LogP contribution >= 0.6 is 0 Å². The van der Waals surface area contributed by atoms with Crippen molar-refractivity contribution in [3.63, 3.8) is 0 Å². The number of hydrogen-bond donors (Lipinski definition) is 3. The molecule has 6 heteroatoms. The Balaban J connectivity index is 2.16. The molecule has 0 saturated heterocycles. The zero-order valence-electron chi connectivity index (χ0n) is 11.5. The molecule has 3 N–H and O–H groups in total. The van der Waals surface area contributed by atoms with Gasteiger partial charge in [0.2, 0.25) is 0 Å². The van der Waals surface area contributed by atoms with Gasteiger partial charge in [0, 0.05) is 19.5 Å². The molecule has 0 atom stereocenters. The molecule has 1 aromatic carbocycles. The summed E-state index contributed by atoms with van der Waals surface area (Å²) in [4.78, 5) is 21.7. The monoisotopic (exact) mass is 280 g/mol. The Morgan fingerprint density at radius 3 is 2.70 bits per heavy atom. The highest BCUT2D eigenvalue weighted by molar-refractivity contribution is 5.73. The molecule has 1 aromatic rings. The van der Waals surface area contributed by atoms with Gasteiger partial charge in [0.1, 0.15) is 5.75 Å². The van der Waals surface area contributed by atoms with Crippen molar-refractivity contribution in [3.8, 4) is 5.75 Å². The van der Waals surface area contributed by atoms with Crippen molar-refractivity contribution in [2.75, 3.05) is 20.2 Å². The van der Waals surface area contributed by atoms with Crippen LogP contribution in [0.1, 0.15) is 18.4 Å². The maximum Gasteiger partial charge on any atom is 0.314 e. The van der Waals surface area contributed by atoms with Crippen molar-refractivity contribution in [1.82, 2.24) is 10.6 Å². The highest BCUT2D eigenvalue weighted by Crippen LogP contribution is 2.12. The van der Waals surface area contributed by atoms with E-state index in [9.17, 15) is 9.59 Å². The van der Waals surface area contributed by atoms with E-state index >= 15 is 0 Å². The predicted molar refractivity (Wildman–Crippen MR) is 75.0 cm³/mol. The van der Waals surface area contributed by atoms with Gasteiger partial charge in [-0.05, 0) is 30.5 Å². The number of carboxylic acids is 1. The maximum atomic E-state index is 11.4. The number of carbonyl (C=O) groups excluding carboxylic acids is 1. The minimum atomic E-state index is -0.856. The number of hydrogen-bond acceptors (Lipinski definition) is 3. The van der Waals surface area contributed by atoms with Gasteiger partial charge in [-0.1, -0.05) is 12.1 Å². The molecule has 0 unspecified atom stereocenters. The molecule has 1 rings (SSSR count). The van der Waals surface area contributed by atoms with E-state index in [1.165, 1.54) is 0 Å². The molecular formula is C14H20N2O4. The van der Waals surface area contributed by atoms with Crippen molar-refractivity contribution in [1.29, 1.82) is 0 Å². The van der Waals surface area contributed by atoms with Crippen molar-refractivity contribution in [2.45, 2.75) is 19.3 Å². The lowest BCUT2D eigenvalue weighted by Crippen LogP contribution is -2.37. The average Bonchev–Trinajstić information content (AvgIpc) is 2.43. The predicted octanol–water partition coefficient (Wildman–Crippen LogP) is 1.40. The second kappa shape index (κ2) is 8.79. The van der Waals surface area contributed by atoms with E-state index in [4.69, 9.17) is 9.84 Å². The first-order chi connectivity index (χ1) is 9.61. The number of benzene rings is 1. The lowest BCUT2D eigenvalue weighted by molar-refractivity contribution is -0.137. The molecule has 6 nitrogen and oxygen atoms in total. The molecule has 0 radical (unpaired) electrons. The van der Waals surface area contributed by atoms with Gasteiger partial charge in [-0.2, -0.15) is 0 Å². The number of ether oxygens (including phenoxy) is 1. The van der Waals surface area contributed by atoms with Crippen molar-refractivity contribution in [3.05, 3.63) is 29.8 Å². The number of urea groups is 1. The molecule has 0 fully saturated rings. The van der Waals surface area contributed by atoms with Crippen LogP contribution in [0.4, 0.5) is 4.79 Å². The van der Waals surface area contributed by atoms with Crippen LogP contribution in [0, 0.1) is 0 Å². The molecule has 0 aliphatic rings. The van der Waals surface area contributed by atoms with Gasteiger partial charge in [0.25, 0.3) is 0 Å². The van der Waals surface area contributed by atoms with Gasteiger partial charge in [0.15, 0.2) is 0 Å². The number of rotatable bonds is 8. The Hall–Kier alpha value is -2.24. The van der Waals surface area contributed by atoms with Crippen molar-refractivity contribution in [2.24, 2.45) is 0 Å². The quantitative estimate of drug-likeness (QED) is 0.628. The van der Waals surface area contributed by atoms with E-state index in [0.717, 1.165) is 11.3 Å². The molecule has 0 aliphatic carbocycles. The van der Waals surface area contributed by atoms with Crippen LogP contribution in [0.15, 0.2) is 24.3 Å². The van der Waals surface area contributed by atoms with Crippen molar-refractivity contribution < 1.29 is 19.4 Å². The molecular weight excluding hydrogens is 260 g/mol. The number of methoxy groups -OCH3 is 1. The van der Waals surface area contributed by atoms with Crippen LogP contribution in [0.2, 0.25) is 0 Å². The standard InChI is InChI=1S/C14H20N2O4/c1-20-12-5-2-4-11(10-12)7-9-16-14(19)15-8-3-6-13(17)18/h2,4-5,10H,3,6-9H2,1H3,(H,17,18)(H2,15,16,19). The number of amides is 2. The summed E-state index contributed by atoms with van der Waals surface area (Å²) in [5, 5.41) is 13.8. The summed E-state index contributed by atoms with van der Waals surface area (Å²) < 4.78 is 5.12. The van der Waals surface area contributed by atoms with E-state index in [-0.39, 0.29) is 12.5 Å². The summed E-state index contributed by atoms with van der Waals surface area (Å²) >= 11 is 0. The van der Waals surface area contributed by atoms with Crippen LogP contribution in [0.25, 0.3) is 0 Å². The lowest BCUT2D eigenvalue weighted by Gasteiger charge is -2.08. The van der Waals surface area contributed by atoms with E-state index in [2.05, 4.69) is 10.6 Å². The van der Waals surface area contributed by atoms with Gasteiger partial charge in [0.05, 0.1) is 7.11 Å². The fourth-order valence-electron chi connectivity index (χ4n) is 1.65. The summed E-state index contributed by atoms with van der Waals surface area (Å²) in [6.45, 7) is 0.870. The smallest absolute Gasteiger partial charge is 0.314 e. The summed E-state index contributed by atoms with van der Waals surface area (Å²) in [5.74, 6) is -0.0640. The van der Waals surface area contributed by atoms with E-state index in [1.54, 1.807) is 7.11 Å². The van der Waals surface area contributed by atoms with Gasteiger partial charge < -0.3 is 20.5 Å². The molecule has 20 heavy (non-hydrogen) atoms. The fourth-order valence-corrected chi connectivity index (χ4v) is 1.65. The highest BCUT2D eigenvalue weighted by atomic mass is 16.5. The van der Waals surface area contributed by atoms with Crippen LogP contribution in [-0.4, -0.2) is 37.3 Å². The second-order valence-corrected chi connectivity index (χ2v) is 4.28. The van der Waals surface area contributed by atoms with Gasteiger partial charge in [-0.3, -0.25) is 4.79 Å². The van der Waals surface area contributed by atoms with Crippen LogP contribution in [0.5, 0.6) is 5.75 Å². The van der Waals surface area contributed by atoms with E-state index in [0.29, 0.717) is 25.9 Å². The van der Waals surface area contributed by atoms with Crippen LogP contribution in [0.3, 0.4) is 0 Å². The molecule has 0 spiro atoms. The minimum Gasteiger partial charge on any atom is -0.497 e. The highest BCUT2D eigenvalue weighted by Gasteiger charge is 2.01. The number of nitrogens with one attached hydrogen (secondary N) is 2. The number of carbonyl (C=O) groups is 2. The van der Waals surface area contributed by atoms with Gasteiger partial charge in [-0.15, -0.1) is 0 Å². The largest absolute Gasteiger partial charge is 0.497 e. The Morgan fingerprint density at radius 1 is 1.25 bits per heavy atom. The topological polar surface area (TPSA) is 87.7 Å². The molecule has 0 heterocycles. The Kier molecular flexibility index (Phi) is 6.95. The van der Waals surface area contributed by atoms with E-state index < -0.39 is 5.97 Å². The van der Waals surface area contributed by atoms with E-state index in [1.807, 2.05) is 24.3 Å².